The van der Waals surface area contributed by atoms with E-state index < -0.39 is 0 Å². The van der Waals surface area contributed by atoms with Crippen LogP contribution in [0.2, 0.25) is 0 Å². The third kappa shape index (κ3) is 17.7. The molecule has 1 nitrogen and oxygen atoms in total. The van der Waals surface area contributed by atoms with Gasteiger partial charge >= 0.3 is 0 Å². The van der Waals surface area contributed by atoms with Crippen LogP contribution in [0.25, 0.3) is 0 Å². The summed E-state index contributed by atoms with van der Waals surface area (Å²) in [6.07, 6.45) is 3.47. The van der Waals surface area contributed by atoms with Gasteiger partial charge in [-0.1, -0.05) is 25.5 Å². The first-order valence-corrected chi connectivity index (χ1v) is 4.19. The Hall–Kier alpha value is -0.590. The maximum Gasteiger partial charge on any atom is 0.132 e. The number of ketones is 1. The highest BCUT2D eigenvalue weighted by atomic mass is 16.1. The first-order chi connectivity index (χ1) is 5.08. The van der Waals surface area contributed by atoms with Crippen LogP contribution in [0.4, 0.5) is 0 Å². The molecule has 0 aromatic rings. The molecule has 1 heteroatoms. The van der Waals surface area contributed by atoms with Gasteiger partial charge in [-0.2, -0.15) is 0 Å². The van der Waals surface area contributed by atoms with Crippen molar-refractivity contribution < 1.29 is 4.79 Å². The van der Waals surface area contributed by atoms with Gasteiger partial charge in [0.15, 0.2) is 0 Å². The Morgan fingerprint density at radius 1 is 1.18 bits per heavy atom. The topological polar surface area (TPSA) is 17.1 Å². The first kappa shape index (κ1) is 13.0. The van der Waals surface area contributed by atoms with Crippen LogP contribution < -0.4 is 0 Å². The van der Waals surface area contributed by atoms with Crippen LogP contribution in [0, 0.1) is 0 Å². The molecule has 0 N–H and O–H groups in total. The lowest BCUT2D eigenvalue weighted by molar-refractivity contribution is -0.118. The van der Waals surface area contributed by atoms with Crippen molar-refractivity contribution in [2.75, 3.05) is 0 Å². The SMILES string of the molecule is CC=C(C)C.CCC(=O)CC. The van der Waals surface area contributed by atoms with Gasteiger partial charge < -0.3 is 0 Å². The van der Waals surface area contributed by atoms with Gasteiger partial charge in [0, 0.05) is 12.8 Å². The van der Waals surface area contributed by atoms with E-state index in [2.05, 4.69) is 19.9 Å². The van der Waals surface area contributed by atoms with Gasteiger partial charge in [0.05, 0.1) is 0 Å². The number of carbonyl (C=O) groups is 1. The van der Waals surface area contributed by atoms with E-state index in [1.807, 2.05) is 20.8 Å². The summed E-state index contributed by atoms with van der Waals surface area (Å²) in [5, 5.41) is 0. The third-order valence-corrected chi connectivity index (χ3v) is 1.37. The predicted octanol–water partition coefficient (Wildman–Crippen LogP) is 3.35. The zero-order valence-electron chi connectivity index (χ0n) is 8.40. The fraction of sp³-hybridized carbons (Fsp3) is 0.700. The van der Waals surface area contributed by atoms with E-state index in [1.165, 1.54) is 5.57 Å². The van der Waals surface area contributed by atoms with Gasteiger partial charge in [-0.3, -0.25) is 4.79 Å². The molecular formula is C10H20O. The molecule has 0 bridgehead atoms. The molecular weight excluding hydrogens is 136 g/mol. The normalized spacial score (nSPS) is 7.73. The Morgan fingerprint density at radius 3 is 1.45 bits per heavy atom. The summed E-state index contributed by atoms with van der Waals surface area (Å²) in [6.45, 7) is 9.97. The average Bonchev–Trinajstić information content (AvgIpc) is 2.04. The predicted molar refractivity (Wildman–Crippen MR) is 50.7 cm³/mol. The molecule has 0 amide bonds. The maximum absolute atomic E-state index is 10.2. The van der Waals surface area contributed by atoms with Crippen molar-refractivity contribution in [1.82, 2.24) is 0 Å². The Bertz CT molecular complexity index is 113. The van der Waals surface area contributed by atoms with Crippen LogP contribution in [0.3, 0.4) is 0 Å². The quantitative estimate of drug-likeness (QED) is 0.560. The molecule has 0 saturated carbocycles. The Labute approximate surface area is 70.5 Å². The molecule has 0 spiro atoms. The lowest BCUT2D eigenvalue weighted by atomic mass is 10.3. The fourth-order valence-corrected chi connectivity index (χ4v) is 0.250. The van der Waals surface area contributed by atoms with Crippen LogP contribution >= 0.6 is 0 Å². The zero-order valence-corrected chi connectivity index (χ0v) is 8.40. The highest BCUT2D eigenvalue weighted by Crippen LogP contribution is 1.83. The van der Waals surface area contributed by atoms with Crippen molar-refractivity contribution in [1.29, 1.82) is 0 Å². The molecule has 0 atom stereocenters. The highest BCUT2D eigenvalue weighted by molar-refractivity contribution is 5.77. The second-order valence-electron chi connectivity index (χ2n) is 2.61. The molecule has 0 aliphatic rings. The largest absolute Gasteiger partial charge is 0.300 e. The molecule has 0 aliphatic carbocycles. The first-order valence-electron chi connectivity index (χ1n) is 4.19. The maximum atomic E-state index is 10.2. The Balaban J connectivity index is 0. The van der Waals surface area contributed by atoms with E-state index in [0.717, 1.165) is 0 Å². The summed E-state index contributed by atoms with van der Waals surface area (Å²) in [6, 6.07) is 0. The molecule has 11 heavy (non-hydrogen) atoms. The second-order valence-corrected chi connectivity index (χ2v) is 2.61. The molecule has 66 valence electrons. The lowest BCUT2D eigenvalue weighted by Gasteiger charge is -1.81. The van der Waals surface area contributed by atoms with Crippen LogP contribution in [-0.2, 0) is 4.79 Å². The Kier molecular flexibility index (Phi) is 11.1. The van der Waals surface area contributed by atoms with Gasteiger partial charge in [0.25, 0.3) is 0 Å². The van der Waals surface area contributed by atoms with E-state index in [4.69, 9.17) is 0 Å². The monoisotopic (exact) mass is 156 g/mol. The van der Waals surface area contributed by atoms with Crippen LogP contribution in [-0.4, -0.2) is 5.78 Å². The molecule has 0 heterocycles. The highest BCUT2D eigenvalue weighted by Gasteiger charge is 1.86. The molecule has 0 aromatic carbocycles. The number of hydrogen-bond acceptors (Lipinski definition) is 1. The average molecular weight is 156 g/mol. The van der Waals surface area contributed by atoms with Gasteiger partial charge in [-0.25, -0.2) is 0 Å². The molecule has 0 rings (SSSR count). The summed E-state index contributed by atoms with van der Waals surface area (Å²) in [7, 11) is 0. The third-order valence-electron chi connectivity index (χ3n) is 1.37. The van der Waals surface area contributed by atoms with Crippen LogP contribution in [0.1, 0.15) is 47.5 Å². The van der Waals surface area contributed by atoms with E-state index in [1.54, 1.807) is 0 Å². The number of Topliss-reactive ketones (excluding diaryl/α,β-unsaturated/α-hetero) is 1. The van der Waals surface area contributed by atoms with Crippen LogP contribution in [0.5, 0.6) is 0 Å². The number of hydrogen-bond donors (Lipinski definition) is 0. The van der Waals surface area contributed by atoms with Gasteiger partial charge in [-0.15, -0.1) is 0 Å². The van der Waals surface area contributed by atoms with E-state index in [-0.39, 0.29) is 0 Å². The minimum atomic E-state index is 0.343. The summed E-state index contributed by atoms with van der Waals surface area (Å²) in [5.74, 6) is 0.343. The summed E-state index contributed by atoms with van der Waals surface area (Å²) >= 11 is 0. The minimum Gasteiger partial charge on any atom is -0.300 e. The molecule has 0 aliphatic heterocycles. The fourth-order valence-electron chi connectivity index (χ4n) is 0.250. The summed E-state index contributed by atoms with van der Waals surface area (Å²) in [4.78, 5) is 10.2. The van der Waals surface area contributed by atoms with Crippen molar-refractivity contribution >= 4 is 5.78 Å². The van der Waals surface area contributed by atoms with E-state index >= 15 is 0 Å². The number of rotatable bonds is 2. The number of allylic oxidation sites excluding steroid dienone is 2. The summed E-state index contributed by atoms with van der Waals surface area (Å²) in [5.41, 5.74) is 1.38. The van der Waals surface area contributed by atoms with Gasteiger partial charge in [-0.05, 0) is 20.8 Å². The molecule has 0 radical (unpaired) electrons. The Morgan fingerprint density at radius 2 is 1.45 bits per heavy atom. The van der Waals surface area contributed by atoms with Gasteiger partial charge in [0.2, 0.25) is 0 Å². The smallest absolute Gasteiger partial charge is 0.132 e. The minimum absolute atomic E-state index is 0.343. The standard InChI is InChI=1S/C5H10O.C5H10/c1-3-5(6)4-2;1-4-5(2)3/h3-4H2,1-2H3;4H,1-3H3. The molecule has 0 saturated heterocycles. The zero-order chi connectivity index (χ0) is 9.28. The van der Waals surface area contributed by atoms with Crippen molar-refractivity contribution in [2.24, 2.45) is 0 Å². The molecule has 0 unspecified atom stereocenters. The van der Waals surface area contributed by atoms with Gasteiger partial charge in [0.1, 0.15) is 5.78 Å². The second kappa shape index (κ2) is 9.41. The van der Waals surface area contributed by atoms with E-state index in [9.17, 15) is 4.79 Å². The number of carbonyl (C=O) groups excluding carboxylic acids is 1. The molecule has 0 fully saturated rings. The van der Waals surface area contributed by atoms with Crippen molar-refractivity contribution in [2.45, 2.75) is 47.5 Å². The van der Waals surface area contributed by atoms with Crippen molar-refractivity contribution in [3.05, 3.63) is 11.6 Å². The molecule has 0 aromatic heterocycles. The van der Waals surface area contributed by atoms with Crippen molar-refractivity contribution in [3.63, 3.8) is 0 Å². The lowest BCUT2D eigenvalue weighted by Crippen LogP contribution is -1.88. The van der Waals surface area contributed by atoms with Crippen LogP contribution in [0.15, 0.2) is 11.6 Å². The van der Waals surface area contributed by atoms with Crippen molar-refractivity contribution in [3.8, 4) is 0 Å². The summed E-state index contributed by atoms with van der Waals surface area (Å²) < 4.78 is 0. The van der Waals surface area contributed by atoms with E-state index in [0.29, 0.717) is 18.6 Å².